The summed E-state index contributed by atoms with van der Waals surface area (Å²) in [4.78, 5) is 21.3. The minimum Gasteiger partial charge on any atom is -0.351 e. The molecule has 0 atom stereocenters. The van der Waals surface area contributed by atoms with E-state index in [-0.39, 0.29) is 6.54 Å². The van der Waals surface area contributed by atoms with Gasteiger partial charge in [-0.05, 0) is 0 Å². The van der Waals surface area contributed by atoms with Crippen LogP contribution in [0.2, 0.25) is 0 Å². The van der Waals surface area contributed by atoms with Crippen LogP contribution in [0.5, 0.6) is 0 Å². The normalized spacial score (nSPS) is 8.40. The number of imide groups is 1. The van der Waals surface area contributed by atoms with Gasteiger partial charge < -0.3 is 11.5 Å². The third-order valence-electron chi connectivity index (χ3n) is 0.844. The molecule has 4 amide bonds. The van der Waals surface area contributed by atoms with Gasteiger partial charge in [0.1, 0.15) is 0 Å². The van der Waals surface area contributed by atoms with Gasteiger partial charge in [0.25, 0.3) is 0 Å². The van der Waals surface area contributed by atoms with Gasteiger partial charge in [-0.15, -0.1) is 6.58 Å². The molecule has 4 N–H and O–H groups in total. The molecule has 0 bridgehead atoms. The highest BCUT2D eigenvalue weighted by atomic mass is 16.2. The second kappa shape index (κ2) is 3.49. The quantitative estimate of drug-likeness (QED) is 0.516. The molecule has 5 heteroatoms. The molecule has 0 aliphatic rings. The van der Waals surface area contributed by atoms with E-state index in [0.717, 1.165) is 0 Å². The molecule has 0 unspecified atom stereocenters. The zero-order valence-electron chi connectivity index (χ0n) is 5.41. The van der Waals surface area contributed by atoms with Crippen LogP contribution in [-0.2, 0) is 0 Å². The van der Waals surface area contributed by atoms with Crippen molar-refractivity contribution in [2.24, 2.45) is 11.5 Å². The topological polar surface area (TPSA) is 89.4 Å². The molecule has 0 saturated heterocycles. The minimum atomic E-state index is -0.868. The lowest BCUT2D eigenvalue weighted by Crippen LogP contribution is -2.43. The van der Waals surface area contributed by atoms with Gasteiger partial charge in [-0.1, -0.05) is 6.08 Å². The highest BCUT2D eigenvalue weighted by Gasteiger charge is 2.12. The van der Waals surface area contributed by atoms with Gasteiger partial charge in [0.2, 0.25) is 0 Å². The zero-order valence-corrected chi connectivity index (χ0v) is 5.41. The summed E-state index contributed by atoms with van der Waals surface area (Å²) in [6.45, 7) is 3.35. The number of rotatable bonds is 2. The van der Waals surface area contributed by atoms with Crippen molar-refractivity contribution in [2.75, 3.05) is 6.54 Å². The molecule has 0 aliphatic heterocycles. The largest absolute Gasteiger partial charge is 0.351 e. The Hall–Kier alpha value is -1.52. The molecule has 0 spiro atoms. The Morgan fingerprint density at radius 2 is 1.80 bits per heavy atom. The minimum absolute atomic E-state index is 0.0463. The van der Waals surface area contributed by atoms with E-state index in [1.165, 1.54) is 6.08 Å². The summed E-state index contributed by atoms with van der Waals surface area (Å²) in [6, 6.07) is -1.74. The molecule has 5 nitrogen and oxygen atoms in total. The molecule has 0 rings (SSSR count). The van der Waals surface area contributed by atoms with Crippen LogP contribution in [0.15, 0.2) is 12.7 Å². The fourth-order valence-corrected chi connectivity index (χ4v) is 0.418. The summed E-state index contributed by atoms with van der Waals surface area (Å²) >= 11 is 0. The Labute approximate surface area is 58.3 Å². The Kier molecular flexibility index (Phi) is 2.96. The van der Waals surface area contributed by atoms with Crippen LogP contribution in [0.1, 0.15) is 0 Å². The van der Waals surface area contributed by atoms with Crippen molar-refractivity contribution in [1.82, 2.24) is 4.90 Å². The highest BCUT2D eigenvalue weighted by Crippen LogP contribution is 1.85. The summed E-state index contributed by atoms with van der Waals surface area (Å²) in [7, 11) is 0. The van der Waals surface area contributed by atoms with E-state index in [1.807, 2.05) is 0 Å². The van der Waals surface area contributed by atoms with Gasteiger partial charge in [-0.25, -0.2) is 14.5 Å². The lowest BCUT2D eigenvalue weighted by Gasteiger charge is -2.11. The molecule has 0 aromatic heterocycles. The van der Waals surface area contributed by atoms with Crippen LogP contribution in [0.3, 0.4) is 0 Å². The molecular formula is C5H9N3O2. The molecule has 0 aliphatic carbocycles. The van der Waals surface area contributed by atoms with Crippen LogP contribution >= 0.6 is 0 Å². The number of hydrogen-bond acceptors (Lipinski definition) is 2. The number of carbonyl (C=O) groups is 2. The van der Waals surface area contributed by atoms with Gasteiger partial charge in [0.05, 0.1) is 0 Å². The second-order valence-corrected chi connectivity index (χ2v) is 1.58. The average molecular weight is 143 g/mol. The molecule has 0 fully saturated rings. The molecule has 10 heavy (non-hydrogen) atoms. The molecule has 0 saturated carbocycles. The summed E-state index contributed by atoms with van der Waals surface area (Å²) in [6.07, 6.45) is 1.36. The van der Waals surface area contributed by atoms with Crippen LogP contribution < -0.4 is 11.5 Å². The lowest BCUT2D eigenvalue weighted by atomic mass is 10.5. The van der Waals surface area contributed by atoms with E-state index < -0.39 is 12.1 Å². The zero-order chi connectivity index (χ0) is 8.15. The van der Waals surface area contributed by atoms with Gasteiger partial charge >= 0.3 is 12.1 Å². The Morgan fingerprint density at radius 3 is 1.90 bits per heavy atom. The summed E-state index contributed by atoms with van der Waals surface area (Å²) in [5.74, 6) is 0. The van der Waals surface area contributed by atoms with Crippen molar-refractivity contribution in [2.45, 2.75) is 0 Å². The smallest absolute Gasteiger partial charge is 0.323 e. The van der Waals surface area contributed by atoms with Crippen molar-refractivity contribution >= 4 is 12.1 Å². The van der Waals surface area contributed by atoms with Gasteiger partial charge in [-0.2, -0.15) is 0 Å². The maximum absolute atomic E-state index is 10.3. The van der Waals surface area contributed by atoms with E-state index in [4.69, 9.17) is 11.5 Å². The van der Waals surface area contributed by atoms with Gasteiger partial charge in [0, 0.05) is 6.54 Å². The van der Waals surface area contributed by atoms with Crippen LogP contribution in [-0.4, -0.2) is 23.5 Å². The highest BCUT2D eigenvalue weighted by molar-refractivity contribution is 5.91. The second-order valence-electron chi connectivity index (χ2n) is 1.58. The summed E-state index contributed by atoms with van der Waals surface area (Å²) < 4.78 is 0. The monoisotopic (exact) mass is 143 g/mol. The van der Waals surface area contributed by atoms with Crippen molar-refractivity contribution < 1.29 is 9.59 Å². The van der Waals surface area contributed by atoms with Gasteiger partial charge in [0.15, 0.2) is 0 Å². The van der Waals surface area contributed by atoms with Crippen molar-refractivity contribution in [3.63, 3.8) is 0 Å². The van der Waals surface area contributed by atoms with Crippen LogP contribution in [0, 0.1) is 0 Å². The number of hydrogen-bond donors (Lipinski definition) is 2. The van der Waals surface area contributed by atoms with Crippen molar-refractivity contribution in [3.8, 4) is 0 Å². The SMILES string of the molecule is C=CCN(C(N)=O)C(N)=O. The van der Waals surface area contributed by atoms with E-state index in [2.05, 4.69) is 6.58 Å². The maximum Gasteiger partial charge on any atom is 0.323 e. The molecule has 0 aromatic carbocycles. The third kappa shape index (κ3) is 2.17. The summed E-state index contributed by atoms with van der Waals surface area (Å²) in [5, 5.41) is 0. The first-order valence-electron chi connectivity index (χ1n) is 2.57. The molecule has 0 heterocycles. The Morgan fingerprint density at radius 1 is 1.40 bits per heavy atom. The van der Waals surface area contributed by atoms with Crippen molar-refractivity contribution in [1.29, 1.82) is 0 Å². The number of carbonyl (C=O) groups excluding carboxylic acids is 2. The molecule has 0 aromatic rings. The van der Waals surface area contributed by atoms with Crippen LogP contribution in [0.25, 0.3) is 0 Å². The fraction of sp³-hybridized carbons (Fsp3) is 0.200. The first-order valence-corrected chi connectivity index (χ1v) is 2.57. The third-order valence-corrected chi connectivity index (χ3v) is 0.844. The van der Waals surface area contributed by atoms with E-state index in [1.54, 1.807) is 0 Å². The molecule has 56 valence electrons. The lowest BCUT2D eigenvalue weighted by molar-refractivity contribution is 0.201. The predicted molar refractivity (Wildman–Crippen MR) is 36.1 cm³/mol. The molecular weight excluding hydrogens is 134 g/mol. The number of urea groups is 2. The Balaban J connectivity index is 4.11. The van der Waals surface area contributed by atoms with E-state index in [9.17, 15) is 9.59 Å². The predicted octanol–water partition coefficient (Wildman–Crippen LogP) is -0.368. The number of primary amides is 2. The fourth-order valence-electron chi connectivity index (χ4n) is 0.418. The maximum atomic E-state index is 10.3. The average Bonchev–Trinajstić information content (AvgIpc) is 1.81. The number of nitrogens with two attached hydrogens (primary N) is 2. The van der Waals surface area contributed by atoms with E-state index >= 15 is 0 Å². The van der Waals surface area contributed by atoms with Crippen molar-refractivity contribution in [3.05, 3.63) is 12.7 Å². The van der Waals surface area contributed by atoms with E-state index in [0.29, 0.717) is 4.90 Å². The van der Waals surface area contributed by atoms with Gasteiger partial charge in [-0.3, -0.25) is 0 Å². The Bertz CT molecular complexity index is 152. The number of nitrogens with zero attached hydrogens (tertiary/aromatic N) is 1. The summed E-state index contributed by atoms with van der Waals surface area (Å²) in [5.41, 5.74) is 9.52. The molecule has 0 radical (unpaired) electrons. The standard InChI is InChI=1S/C5H9N3O2/c1-2-3-8(4(6)9)5(7)10/h2H,1,3H2,(H2,6,9)(H2,7,10). The number of amides is 4. The first kappa shape index (κ1) is 8.48. The first-order chi connectivity index (χ1) is 4.59. The van der Waals surface area contributed by atoms with Crippen LogP contribution in [0.4, 0.5) is 9.59 Å².